The molecule has 1 unspecified atom stereocenters. The van der Waals surface area contributed by atoms with Crippen molar-refractivity contribution in [1.29, 1.82) is 0 Å². The Morgan fingerprint density at radius 1 is 1.29 bits per heavy atom. The van der Waals surface area contributed by atoms with Gasteiger partial charge in [-0.15, -0.1) is 0 Å². The molecule has 0 amide bonds. The Bertz CT molecular complexity index is 192. The fourth-order valence-corrected chi connectivity index (χ4v) is 1.07. The van der Waals surface area contributed by atoms with E-state index in [1.165, 1.54) is 6.92 Å². The van der Waals surface area contributed by atoms with Crippen LogP contribution in [0.2, 0.25) is 0 Å². The Balaban J connectivity index is 4.09. The van der Waals surface area contributed by atoms with Crippen molar-refractivity contribution >= 4 is 5.97 Å². The summed E-state index contributed by atoms with van der Waals surface area (Å²) in [6, 6.07) is 0. The van der Waals surface area contributed by atoms with Crippen LogP contribution in [0.4, 0.5) is 0 Å². The first-order valence-electron chi connectivity index (χ1n) is 5.27. The van der Waals surface area contributed by atoms with E-state index in [9.17, 15) is 4.79 Å². The molecule has 0 aliphatic rings. The standard InChI is InChI=1S/C12H22O2/c1-9(2)7-6-8-12(10(3)4)14-11(5)13/h6,8-10,12H,7H2,1-5H3. The number of carbonyl (C=O) groups excluding carboxylic acids is 1. The number of hydrogen-bond acceptors (Lipinski definition) is 2. The molecule has 14 heavy (non-hydrogen) atoms. The van der Waals surface area contributed by atoms with Gasteiger partial charge >= 0.3 is 5.97 Å². The summed E-state index contributed by atoms with van der Waals surface area (Å²) in [6.07, 6.45) is 5.04. The van der Waals surface area contributed by atoms with Crippen molar-refractivity contribution in [2.75, 3.05) is 0 Å². The molecule has 0 fully saturated rings. The van der Waals surface area contributed by atoms with Crippen molar-refractivity contribution in [2.24, 2.45) is 11.8 Å². The van der Waals surface area contributed by atoms with Gasteiger partial charge in [0.05, 0.1) is 0 Å². The molecule has 2 nitrogen and oxygen atoms in total. The van der Waals surface area contributed by atoms with Gasteiger partial charge in [-0.05, 0) is 24.3 Å². The summed E-state index contributed by atoms with van der Waals surface area (Å²) < 4.78 is 5.17. The van der Waals surface area contributed by atoms with Crippen LogP contribution in [0.1, 0.15) is 41.0 Å². The van der Waals surface area contributed by atoms with E-state index in [4.69, 9.17) is 4.74 Å². The van der Waals surface area contributed by atoms with E-state index >= 15 is 0 Å². The van der Waals surface area contributed by atoms with E-state index in [0.717, 1.165) is 6.42 Å². The second-order valence-electron chi connectivity index (χ2n) is 4.38. The van der Waals surface area contributed by atoms with Crippen LogP contribution in [0.25, 0.3) is 0 Å². The maximum Gasteiger partial charge on any atom is 0.303 e. The van der Waals surface area contributed by atoms with Gasteiger partial charge in [-0.2, -0.15) is 0 Å². The average Bonchev–Trinajstić information content (AvgIpc) is 2.00. The lowest BCUT2D eigenvalue weighted by molar-refractivity contribution is -0.145. The third-order valence-corrected chi connectivity index (χ3v) is 1.89. The molecule has 0 saturated heterocycles. The van der Waals surface area contributed by atoms with E-state index in [2.05, 4.69) is 19.9 Å². The minimum Gasteiger partial charge on any atom is -0.458 e. The summed E-state index contributed by atoms with van der Waals surface area (Å²) in [5.41, 5.74) is 0. The fourth-order valence-electron chi connectivity index (χ4n) is 1.07. The fraction of sp³-hybridized carbons (Fsp3) is 0.750. The van der Waals surface area contributed by atoms with Crippen LogP contribution in [0.3, 0.4) is 0 Å². The Morgan fingerprint density at radius 3 is 2.21 bits per heavy atom. The highest BCUT2D eigenvalue weighted by atomic mass is 16.5. The quantitative estimate of drug-likeness (QED) is 0.501. The molecule has 0 aliphatic carbocycles. The second-order valence-corrected chi connectivity index (χ2v) is 4.38. The predicted molar refractivity (Wildman–Crippen MR) is 59.0 cm³/mol. The highest BCUT2D eigenvalue weighted by Gasteiger charge is 2.12. The maximum absolute atomic E-state index is 10.8. The molecule has 0 aliphatic heterocycles. The summed E-state index contributed by atoms with van der Waals surface area (Å²) in [6.45, 7) is 9.88. The largest absolute Gasteiger partial charge is 0.458 e. The van der Waals surface area contributed by atoms with Gasteiger partial charge in [0, 0.05) is 6.92 Å². The molecule has 0 aromatic rings. The Morgan fingerprint density at radius 2 is 1.86 bits per heavy atom. The Labute approximate surface area is 87.3 Å². The van der Waals surface area contributed by atoms with E-state index < -0.39 is 0 Å². The number of carbonyl (C=O) groups is 1. The van der Waals surface area contributed by atoms with E-state index in [-0.39, 0.29) is 12.1 Å². The molecule has 0 radical (unpaired) electrons. The molecular weight excluding hydrogens is 176 g/mol. The molecule has 0 N–H and O–H groups in total. The minimum absolute atomic E-state index is 0.0775. The molecule has 0 heterocycles. The van der Waals surface area contributed by atoms with Crippen LogP contribution in [0.5, 0.6) is 0 Å². The van der Waals surface area contributed by atoms with Gasteiger partial charge in [0.15, 0.2) is 0 Å². The number of rotatable bonds is 5. The SMILES string of the molecule is CC(=O)OC(C=CCC(C)C)C(C)C. The number of hydrogen-bond donors (Lipinski definition) is 0. The molecule has 0 rings (SSSR count). The van der Waals surface area contributed by atoms with E-state index in [1.54, 1.807) is 0 Å². The lowest BCUT2D eigenvalue weighted by Gasteiger charge is -2.16. The van der Waals surface area contributed by atoms with E-state index in [1.807, 2.05) is 19.9 Å². The van der Waals surface area contributed by atoms with Crippen molar-refractivity contribution in [2.45, 2.75) is 47.1 Å². The smallest absolute Gasteiger partial charge is 0.303 e. The van der Waals surface area contributed by atoms with Crippen molar-refractivity contribution in [3.63, 3.8) is 0 Å². The van der Waals surface area contributed by atoms with Crippen LogP contribution in [-0.4, -0.2) is 12.1 Å². The maximum atomic E-state index is 10.8. The first kappa shape index (κ1) is 13.2. The van der Waals surface area contributed by atoms with Crippen LogP contribution in [0.15, 0.2) is 12.2 Å². The molecule has 0 aromatic carbocycles. The predicted octanol–water partition coefficient (Wildman–Crippen LogP) is 3.18. The van der Waals surface area contributed by atoms with Gasteiger partial charge in [0.1, 0.15) is 6.10 Å². The summed E-state index contributed by atoms with van der Waals surface area (Å²) in [4.78, 5) is 10.8. The zero-order valence-electron chi connectivity index (χ0n) is 9.91. The lowest BCUT2D eigenvalue weighted by Crippen LogP contribution is -2.19. The van der Waals surface area contributed by atoms with Gasteiger partial charge < -0.3 is 4.74 Å². The number of ether oxygens (including phenoxy) is 1. The summed E-state index contributed by atoms with van der Waals surface area (Å²) in [5.74, 6) is 0.775. The molecule has 82 valence electrons. The second kappa shape index (κ2) is 6.63. The molecule has 1 atom stereocenters. The summed E-state index contributed by atoms with van der Waals surface area (Å²) in [5, 5.41) is 0. The normalized spacial score (nSPS) is 13.9. The van der Waals surface area contributed by atoms with Gasteiger partial charge in [-0.1, -0.05) is 33.8 Å². The van der Waals surface area contributed by atoms with Gasteiger partial charge in [-0.25, -0.2) is 0 Å². The average molecular weight is 198 g/mol. The van der Waals surface area contributed by atoms with Crippen molar-refractivity contribution in [1.82, 2.24) is 0 Å². The highest BCUT2D eigenvalue weighted by molar-refractivity contribution is 5.66. The molecule has 0 aromatic heterocycles. The lowest BCUT2D eigenvalue weighted by atomic mass is 10.0. The van der Waals surface area contributed by atoms with Crippen LogP contribution in [0, 0.1) is 11.8 Å². The number of esters is 1. The van der Waals surface area contributed by atoms with Gasteiger partial charge in [-0.3, -0.25) is 4.79 Å². The van der Waals surface area contributed by atoms with Crippen LogP contribution < -0.4 is 0 Å². The first-order chi connectivity index (χ1) is 6.43. The van der Waals surface area contributed by atoms with Crippen molar-refractivity contribution < 1.29 is 9.53 Å². The van der Waals surface area contributed by atoms with Crippen LogP contribution in [-0.2, 0) is 9.53 Å². The van der Waals surface area contributed by atoms with Crippen molar-refractivity contribution in [3.8, 4) is 0 Å². The monoisotopic (exact) mass is 198 g/mol. The number of allylic oxidation sites excluding steroid dienone is 1. The van der Waals surface area contributed by atoms with Crippen molar-refractivity contribution in [3.05, 3.63) is 12.2 Å². The topological polar surface area (TPSA) is 26.3 Å². The van der Waals surface area contributed by atoms with E-state index in [0.29, 0.717) is 11.8 Å². The molecule has 2 heteroatoms. The van der Waals surface area contributed by atoms with Gasteiger partial charge in [0.2, 0.25) is 0 Å². The Hall–Kier alpha value is -0.790. The minimum atomic E-state index is -0.210. The zero-order valence-corrected chi connectivity index (χ0v) is 9.91. The molecule has 0 saturated carbocycles. The summed E-state index contributed by atoms with van der Waals surface area (Å²) in [7, 11) is 0. The Kier molecular flexibility index (Phi) is 6.26. The third kappa shape index (κ3) is 6.70. The first-order valence-corrected chi connectivity index (χ1v) is 5.27. The van der Waals surface area contributed by atoms with Crippen LogP contribution >= 0.6 is 0 Å². The highest BCUT2D eigenvalue weighted by Crippen LogP contribution is 2.10. The zero-order chi connectivity index (χ0) is 11.1. The third-order valence-electron chi connectivity index (χ3n) is 1.89. The molecule has 0 bridgehead atoms. The van der Waals surface area contributed by atoms with Gasteiger partial charge in [0.25, 0.3) is 0 Å². The molecular formula is C12H22O2. The molecule has 0 spiro atoms. The summed E-state index contributed by atoms with van der Waals surface area (Å²) >= 11 is 0.